The fourth-order valence-electron chi connectivity index (χ4n) is 9.24. The molecular formula is C52H88N14O17. The van der Waals surface area contributed by atoms with Gasteiger partial charge in [-0.15, -0.1) is 0 Å². The number of aliphatic hydroxyl groups is 1. The minimum absolute atomic E-state index is 0.0401. The van der Waals surface area contributed by atoms with E-state index in [0.29, 0.717) is 32.1 Å². The molecule has 12 amide bonds. The van der Waals surface area contributed by atoms with E-state index >= 15 is 0 Å². The molecule has 468 valence electrons. The number of carbonyl (C=O) groups excluding carboxylic acids is 12. The highest BCUT2D eigenvalue weighted by atomic mass is 16.4. The van der Waals surface area contributed by atoms with Crippen LogP contribution in [0.2, 0.25) is 0 Å². The number of aliphatic carboxylic acids is 2. The van der Waals surface area contributed by atoms with Gasteiger partial charge >= 0.3 is 11.9 Å². The number of primary amides is 1. The van der Waals surface area contributed by atoms with Crippen LogP contribution < -0.4 is 65.1 Å². The predicted molar refractivity (Wildman–Crippen MR) is 295 cm³/mol. The van der Waals surface area contributed by atoms with E-state index < -0.39 is 187 Å². The first kappa shape index (κ1) is 71.6. The van der Waals surface area contributed by atoms with Crippen molar-refractivity contribution in [2.24, 2.45) is 35.0 Å². The molecule has 2 saturated heterocycles. The summed E-state index contributed by atoms with van der Waals surface area (Å²) in [4.78, 5) is 186. The number of carboxylic acid groups (broad SMARTS) is 2. The molecule has 0 aromatic rings. The third-order valence-electron chi connectivity index (χ3n) is 14.0. The fourth-order valence-corrected chi connectivity index (χ4v) is 9.24. The maximum Gasteiger partial charge on any atom is 0.326 e. The van der Waals surface area contributed by atoms with Crippen molar-refractivity contribution in [2.45, 2.75) is 193 Å². The Morgan fingerprint density at radius 1 is 0.566 bits per heavy atom. The summed E-state index contributed by atoms with van der Waals surface area (Å²) in [5.74, 6) is -14.7. The van der Waals surface area contributed by atoms with Crippen molar-refractivity contribution < 1.29 is 82.4 Å². The normalized spacial score (nSPS) is 18.5. The van der Waals surface area contributed by atoms with Gasteiger partial charge in [0.05, 0.1) is 38.1 Å². The van der Waals surface area contributed by atoms with Crippen LogP contribution in [0.3, 0.4) is 0 Å². The Bertz CT molecular complexity index is 2340. The second-order valence-electron chi connectivity index (χ2n) is 21.8. The van der Waals surface area contributed by atoms with Crippen molar-refractivity contribution in [1.82, 2.24) is 57.7 Å². The van der Waals surface area contributed by atoms with E-state index in [4.69, 9.17) is 17.2 Å². The Hall–Kier alpha value is -7.54. The Morgan fingerprint density at radius 2 is 1.08 bits per heavy atom. The quantitative estimate of drug-likeness (QED) is 0.0264. The van der Waals surface area contributed by atoms with Gasteiger partial charge in [-0.1, -0.05) is 48.0 Å². The molecule has 0 bridgehead atoms. The Labute approximate surface area is 481 Å². The summed E-state index contributed by atoms with van der Waals surface area (Å²) in [5.41, 5.74) is 16.6. The third kappa shape index (κ3) is 23.3. The van der Waals surface area contributed by atoms with E-state index in [1.54, 1.807) is 27.7 Å². The number of nitrogens with two attached hydrogens (primary N) is 3. The maximum absolute atomic E-state index is 14.0. The number of unbranched alkanes of at least 4 members (excludes halogenated alkanes) is 1. The first-order chi connectivity index (χ1) is 38.8. The fraction of sp³-hybridized carbons (Fsp3) is 0.731. The molecule has 83 heavy (non-hydrogen) atoms. The highest BCUT2D eigenvalue weighted by Gasteiger charge is 2.42. The van der Waals surface area contributed by atoms with Crippen LogP contribution in [-0.2, 0) is 67.1 Å². The van der Waals surface area contributed by atoms with Crippen LogP contribution in [0.5, 0.6) is 0 Å². The number of carbonyl (C=O) groups is 14. The minimum Gasteiger partial charge on any atom is -0.481 e. The van der Waals surface area contributed by atoms with Crippen molar-refractivity contribution in [2.75, 3.05) is 32.7 Å². The van der Waals surface area contributed by atoms with Crippen molar-refractivity contribution in [3.8, 4) is 0 Å². The van der Waals surface area contributed by atoms with Gasteiger partial charge < -0.3 is 90.2 Å². The Kier molecular flexibility index (Phi) is 30.0. The molecule has 0 saturated carbocycles. The third-order valence-corrected chi connectivity index (χ3v) is 14.0. The lowest BCUT2D eigenvalue weighted by molar-refractivity contribution is -0.150. The molecule has 0 spiro atoms. The van der Waals surface area contributed by atoms with E-state index in [-0.39, 0.29) is 51.2 Å². The molecule has 12 atom stereocenters. The maximum atomic E-state index is 14.0. The summed E-state index contributed by atoms with van der Waals surface area (Å²) in [6.07, 6.45) is -0.834. The van der Waals surface area contributed by atoms with Gasteiger partial charge in [0, 0.05) is 13.1 Å². The van der Waals surface area contributed by atoms with E-state index in [1.165, 1.54) is 32.6 Å². The van der Waals surface area contributed by atoms with Crippen molar-refractivity contribution in [3.05, 3.63) is 0 Å². The van der Waals surface area contributed by atoms with Gasteiger partial charge in [-0.3, -0.25) is 62.3 Å². The number of carboxylic acids is 2. The first-order valence-electron chi connectivity index (χ1n) is 28.0. The number of hydrogen-bond acceptors (Lipinski definition) is 17. The molecule has 2 aliphatic rings. The lowest BCUT2D eigenvalue weighted by atomic mass is 9.97. The zero-order valence-electron chi connectivity index (χ0n) is 48.6. The summed E-state index contributed by atoms with van der Waals surface area (Å²) < 4.78 is 0. The highest BCUT2D eigenvalue weighted by molar-refractivity contribution is 6.00. The average molecular weight is 1180 g/mol. The van der Waals surface area contributed by atoms with Crippen molar-refractivity contribution >= 4 is 82.8 Å². The Morgan fingerprint density at radius 3 is 1.61 bits per heavy atom. The van der Waals surface area contributed by atoms with Gasteiger partial charge in [0.15, 0.2) is 0 Å². The molecule has 31 nitrogen and oxygen atoms in total. The second kappa shape index (κ2) is 34.8. The van der Waals surface area contributed by atoms with Crippen molar-refractivity contribution in [1.29, 1.82) is 0 Å². The van der Waals surface area contributed by atoms with Crippen LogP contribution in [0.1, 0.15) is 126 Å². The number of likely N-dealkylation sites (tertiary alicyclic amines) is 2. The molecule has 0 aromatic carbocycles. The zero-order chi connectivity index (χ0) is 63.0. The van der Waals surface area contributed by atoms with Gasteiger partial charge in [-0.25, -0.2) is 4.79 Å². The van der Waals surface area contributed by atoms with Crippen LogP contribution in [0.15, 0.2) is 0 Å². The molecule has 2 rings (SSSR count). The van der Waals surface area contributed by atoms with Gasteiger partial charge in [-0.2, -0.15) is 0 Å². The standard InChI is InChI=1S/C52H88N14O17/c1-9-27(6)41(48(78)64-42(29(8)67)49(79)63-40(26(4)5)47(77)61-33(21-36(55)68)51(81)66-19-13-16-35(66)52(82)83)62-38(70)24-56-44(74)30(14-10-11-17-53)58-37(69)23-57-46(76)34-15-12-18-65(34)50(80)32(20-25(2)3)60-45(75)31(22-39(71)72)59-43(73)28(7)54/h25-35,40-42,67H,9-24,53-54H2,1-8H3,(H2,55,68)(H,56,74)(H,57,76)(H,58,69)(H,59,73)(H,60,75)(H,61,77)(H,62,70)(H,63,79)(H,64,78)(H,71,72)(H,82,83)/t27-,28-,29+,30-,31-,32-,33-,34-,35-,40-,41-,42-/m0/s1. The van der Waals surface area contributed by atoms with Gasteiger partial charge in [0.1, 0.15) is 54.4 Å². The van der Waals surface area contributed by atoms with E-state index in [2.05, 4.69) is 47.9 Å². The van der Waals surface area contributed by atoms with Gasteiger partial charge in [0.2, 0.25) is 70.9 Å². The minimum atomic E-state index is -1.73. The van der Waals surface area contributed by atoms with Crippen LogP contribution >= 0.6 is 0 Å². The number of nitrogens with zero attached hydrogens (tertiary/aromatic N) is 2. The molecule has 31 heteroatoms. The van der Waals surface area contributed by atoms with Crippen LogP contribution in [0.4, 0.5) is 0 Å². The highest BCUT2D eigenvalue weighted by Crippen LogP contribution is 2.22. The lowest BCUT2D eigenvalue weighted by Crippen LogP contribution is -2.62. The summed E-state index contributed by atoms with van der Waals surface area (Å²) >= 11 is 0. The van der Waals surface area contributed by atoms with Crippen LogP contribution in [0, 0.1) is 17.8 Å². The van der Waals surface area contributed by atoms with Crippen LogP contribution in [0.25, 0.3) is 0 Å². The molecule has 2 heterocycles. The molecule has 2 aliphatic heterocycles. The van der Waals surface area contributed by atoms with Gasteiger partial charge in [0.25, 0.3) is 0 Å². The SMILES string of the molecule is CC[C@H](C)[C@H](NC(=O)CNC(=O)[C@H](CCCCN)NC(=O)CNC(=O)[C@@H]1CCCN1C(=O)[C@H](CC(C)C)NC(=O)[C@H](CC(=O)O)NC(=O)[C@H](C)N)C(=O)N[C@H](C(=O)N[C@H](C(=O)N[C@@H](CC(N)=O)C(=O)N1CCC[C@H]1C(=O)O)C(C)C)[C@@H](C)O. The monoisotopic (exact) mass is 1180 g/mol. The smallest absolute Gasteiger partial charge is 0.326 e. The van der Waals surface area contributed by atoms with E-state index in [9.17, 15) is 82.4 Å². The molecule has 18 N–H and O–H groups in total. The first-order valence-corrected chi connectivity index (χ1v) is 28.0. The van der Waals surface area contributed by atoms with Crippen LogP contribution in [-0.4, -0.2) is 207 Å². The predicted octanol–water partition coefficient (Wildman–Crippen LogP) is -5.37. The number of rotatable bonds is 35. The lowest BCUT2D eigenvalue weighted by Gasteiger charge is -2.31. The summed E-state index contributed by atoms with van der Waals surface area (Å²) in [7, 11) is 0. The summed E-state index contributed by atoms with van der Waals surface area (Å²) in [6, 6.07) is -13.5. The summed E-state index contributed by atoms with van der Waals surface area (Å²) in [6.45, 7) is 11.4. The molecule has 0 aliphatic carbocycles. The largest absolute Gasteiger partial charge is 0.481 e. The number of aliphatic hydroxyl groups excluding tert-OH is 1. The van der Waals surface area contributed by atoms with E-state index in [0.717, 1.165) is 4.90 Å². The molecule has 0 unspecified atom stereocenters. The number of amides is 12. The zero-order valence-corrected chi connectivity index (χ0v) is 48.6. The van der Waals surface area contributed by atoms with Gasteiger partial charge in [-0.05, 0) is 89.5 Å². The molecule has 0 radical (unpaired) electrons. The van der Waals surface area contributed by atoms with E-state index in [1.807, 2.05) is 0 Å². The summed E-state index contributed by atoms with van der Waals surface area (Å²) in [5, 5.41) is 51.7. The average Bonchev–Trinajstić information content (AvgIpc) is 4.37. The Balaban J connectivity index is 2.16. The number of hydrogen-bond donors (Lipinski definition) is 15. The number of nitrogens with one attached hydrogen (secondary N) is 9. The molecule has 0 aromatic heterocycles. The van der Waals surface area contributed by atoms with Crippen molar-refractivity contribution in [3.63, 3.8) is 0 Å². The molecule has 2 fully saturated rings. The molecular weight excluding hydrogens is 1090 g/mol. The second-order valence-corrected chi connectivity index (χ2v) is 21.8. The topological polar surface area (TPSA) is 492 Å².